The number of carbonyl (C=O) groups is 2. The van der Waals surface area contributed by atoms with Gasteiger partial charge in [0.2, 0.25) is 0 Å². The number of nitrogens with two attached hydrogens (primary N) is 1. The number of benzene rings is 2. The third-order valence-electron chi connectivity index (χ3n) is 3.15. The summed E-state index contributed by atoms with van der Waals surface area (Å²) in [6.45, 7) is 0.110. The van der Waals surface area contributed by atoms with Gasteiger partial charge in [-0.05, 0) is 30.2 Å². The van der Waals surface area contributed by atoms with Crippen molar-refractivity contribution in [1.82, 2.24) is 5.32 Å². The van der Waals surface area contributed by atoms with Crippen molar-refractivity contribution in [2.24, 2.45) is 0 Å². The van der Waals surface area contributed by atoms with E-state index in [1.165, 1.54) is 12.1 Å². The zero-order valence-corrected chi connectivity index (χ0v) is 13.2. The molecule has 0 heterocycles. The zero-order chi connectivity index (χ0) is 16.7. The average molecular weight is 333 g/mol. The molecule has 0 bridgehead atoms. The topological polar surface area (TPSA) is 81.4 Å². The molecule has 120 valence electrons. The highest BCUT2D eigenvalue weighted by Crippen LogP contribution is 2.18. The molecular formula is C17H17ClN2O3. The lowest BCUT2D eigenvalue weighted by Crippen LogP contribution is -2.30. The van der Waals surface area contributed by atoms with Crippen molar-refractivity contribution in [3.63, 3.8) is 0 Å². The molecule has 0 unspecified atom stereocenters. The van der Waals surface area contributed by atoms with Gasteiger partial charge in [0.25, 0.3) is 5.91 Å². The monoisotopic (exact) mass is 332 g/mol. The Labute approximate surface area is 139 Å². The fraction of sp³-hybridized carbons (Fsp3) is 0.176. The van der Waals surface area contributed by atoms with Gasteiger partial charge in [-0.1, -0.05) is 41.9 Å². The van der Waals surface area contributed by atoms with Crippen LogP contribution in [-0.2, 0) is 16.0 Å². The van der Waals surface area contributed by atoms with Gasteiger partial charge in [0.1, 0.15) is 0 Å². The Morgan fingerprint density at radius 1 is 1.13 bits per heavy atom. The molecule has 0 aromatic heterocycles. The standard InChI is InChI=1S/C17H17ClN2O3/c18-13-6-7-15(19)14(10-13)17(22)23-11-16(21)20-9-8-12-4-2-1-3-5-12/h1-7,10H,8-9,11,19H2,(H,20,21). The first-order valence-electron chi connectivity index (χ1n) is 7.09. The Morgan fingerprint density at radius 2 is 1.87 bits per heavy atom. The summed E-state index contributed by atoms with van der Waals surface area (Å²) >= 11 is 5.81. The Balaban J connectivity index is 1.75. The molecule has 3 N–H and O–H groups in total. The lowest BCUT2D eigenvalue weighted by atomic mass is 10.1. The minimum atomic E-state index is -0.678. The van der Waals surface area contributed by atoms with Gasteiger partial charge in [-0.2, -0.15) is 0 Å². The van der Waals surface area contributed by atoms with E-state index < -0.39 is 5.97 Å². The van der Waals surface area contributed by atoms with Crippen LogP contribution in [0.15, 0.2) is 48.5 Å². The minimum Gasteiger partial charge on any atom is -0.452 e. The molecule has 0 aliphatic rings. The minimum absolute atomic E-state index is 0.148. The number of nitrogen functional groups attached to an aromatic ring is 1. The number of anilines is 1. The number of halogens is 1. The van der Waals surface area contributed by atoms with Gasteiger partial charge in [-0.3, -0.25) is 4.79 Å². The van der Waals surface area contributed by atoms with Gasteiger partial charge in [-0.25, -0.2) is 4.79 Å². The van der Waals surface area contributed by atoms with Gasteiger partial charge >= 0.3 is 5.97 Å². The number of esters is 1. The van der Waals surface area contributed by atoms with Crippen molar-refractivity contribution in [3.05, 3.63) is 64.7 Å². The molecule has 0 fully saturated rings. The third kappa shape index (κ3) is 5.30. The Bertz CT molecular complexity index is 689. The molecule has 1 amide bonds. The lowest BCUT2D eigenvalue weighted by molar-refractivity contribution is -0.124. The van der Waals surface area contributed by atoms with E-state index in [4.69, 9.17) is 22.1 Å². The second-order valence-corrected chi connectivity index (χ2v) is 5.33. The highest BCUT2D eigenvalue weighted by atomic mass is 35.5. The maximum absolute atomic E-state index is 11.9. The first kappa shape index (κ1) is 16.8. The van der Waals surface area contributed by atoms with Gasteiger partial charge < -0.3 is 15.8 Å². The number of rotatable bonds is 6. The maximum Gasteiger partial charge on any atom is 0.340 e. The number of hydrogen-bond donors (Lipinski definition) is 2. The molecule has 0 atom stereocenters. The van der Waals surface area contributed by atoms with E-state index in [-0.39, 0.29) is 23.8 Å². The van der Waals surface area contributed by atoms with E-state index in [1.54, 1.807) is 6.07 Å². The quantitative estimate of drug-likeness (QED) is 0.629. The van der Waals surface area contributed by atoms with Crippen molar-refractivity contribution in [2.45, 2.75) is 6.42 Å². The fourth-order valence-electron chi connectivity index (χ4n) is 1.96. The van der Waals surface area contributed by atoms with E-state index in [2.05, 4.69) is 5.32 Å². The van der Waals surface area contributed by atoms with E-state index in [1.807, 2.05) is 30.3 Å². The van der Waals surface area contributed by atoms with Gasteiger partial charge in [0.05, 0.1) is 5.56 Å². The van der Waals surface area contributed by atoms with Gasteiger partial charge in [0.15, 0.2) is 6.61 Å². The number of amides is 1. The molecule has 0 saturated heterocycles. The molecule has 2 aromatic carbocycles. The van der Waals surface area contributed by atoms with Crippen molar-refractivity contribution < 1.29 is 14.3 Å². The summed E-state index contributed by atoms with van der Waals surface area (Å²) in [6.07, 6.45) is 0.710. The molecule has 2 aromatic rings. The van der Waals surface area contributed by atoms with Crippen molar-refractivity contribution in [1.29, 1.82) is 0 Å². The largest absolute Gasteiger partial charge is 0.452 e. The number of ether oxygens (including phenoxy) is 1. The SMILES string of the molecule is Nc1ccc(Cl)cc1C(=O)OCC(=O)NCCc1ccccc1. The van der Waals surface area contributed by atoms with E-state index in [0.717, 1.165) is 5.56 Å². The van der Waals surface area contributed by atoms with Crippen LogP contribution in [0.5, 0.6) is 0 Å². The van der Waals surface area contributed by atoms with Crippen LogP contribution in [0.2, 0.25) is 5.02 Å². The van der Waals surface area contributed by atoms with E-state index in [9.17, 15) is 9.59 Å². The zero-order valence-electron chi connectivity index (χ0n) is 12.4. The molecule has 0 spiro atoms. The van der Waals surface area contributed by atoms with Gasteiger partial charge in [-0.15, -0.1) is 0 Å². The molecule has 2 rings (SSSR count). The average Bonchev–Trinajstić information content (AvgIpc) is 2.56. The second-order valence-electron chi connectivity index (χ2n) is 4.89. The molecule has 0 aliphatic heterocycles. The summed E-state index contributed by atoms with van der Waals surface area (Å²) in [5.41, 5.74) is 7.20. The Hall–Kier alpha value is -2.53. The highest BCUT2D eigenvalue weighted by molar-refractivity contribution is 6.31. The molecule has 0 radical (unpaired) electrons. The number of carbonyl (C=O) groups excluding carboxylic acids is 2. The summed E-state index contributed by atoms with van der Waals surface area (Å²) < 4.78 is 4.94. The predicted molar refractivity (Wildman–Crippen MR) is 89.3 cm³/mol. The van der Waals surface area contributed by atoms with Crippen molar-refractivity contribution in [3.8, 4) is 0 Å². The highest BCUT2D eigenvalue weighted by Gasteiger charge is 2.13. The molecule has 23 heavy (non-hydrogen) atoms. The summed E-state index contributed by atoms with van der Waals surface area (Å²) in [6, 6.07) is 14.3. The Morgan fingerprint density at radius 3 is 2.61 bits per heavy atom. The smallest absolute Gasteiger partial charge is 0.340 e. The summed E-state index contributed by atoms with van der Waals surface area (Å²) in [5.74, 6) is -1.04. The Kier molecular flexibility index (Phi) is 6.00. The fourth-order valence-corrected chi connectivity index (χ4v) is 2.13. The van der Waals surface area contributed by atoms with Gasteiger partial charge in [0, 0.05) is 17.3 Å². The van der Waals surface area contributed by atoms with E-state index in [0.29, 0.717) is 18.0 Å². The molecular weight excluding hydrogens is 316 g/mol. The van der Waals surface area contributed by atoms with Crippen LogP contribution in [0.1, 0.15) is 15.9 Å². The van der Waals surface area contributed by atoms with Crippen LogP contribution >= 0.6 is 11.6 Å². The first-order chi connectivity index (χ1) is 11.1. The number of nitrogens with one attached hydrogen (secondary N) is 1. The van der Waals surface area contributed by atoms with Crippen LogP contribution in [-0.4, -0.2) is 25.0 Å². The van der Waals surface area contributed by atoms with Crippen LogP contribution in [0, 0.1) is 0 Å². The van der Waals surface area contributed by atoms with Crippen molar-refractivity contribution >= 4 is 29.2 Å². The second kappa shape index (κ2) is 8.19. The van der Waals surface area contributed by atoms with Crippen molar-refractivity contribution in [2.75, 3.05) is 18.9 Å². The molecule has 0 saturated carbocycles. The molecule has 5 nitrogen and oxygen atoms in total. The predicted octanol–water partition coefficient (Wildman–Crippen LogP) is 2.44. The normalized spacial score (nSPS) is 10.1. The molecule has 6 heteroatoms. The van der Waals surface area contributed by atoms with Crippen LogP contribution < -0.4 is 11.1 Å². The first-order valence-corrected chi connectivity index (χ1v) is 7.47. The number of hydrogen-bond acceptors (Lipinski definition) is 4. The van der Waals surface area contributed by atoms with Crippen LogP contribution in [0.4, 0.5) is 5.69 Å². The lowest BCUT2D eigenvalue weighted by Gasteiger charge is -2.08. The van der Waals surface area contributed by atoms with E-state index >= 15 is 0 Å². The van der Waals surface area contributed by atoms with Crippen LogP contribution in [0.3, 0.4) is 0 Å². The summed E-state index contributed by atoms with van der Waals surface area (Å²) in [4.78, 5) is 23.6. The van der Waals surface area contributed by atoms with Crippen LogP contribution in [0.25, 0.3) is 0 Å². The third-order valence-corrected chi connectivity index (χ3v) is 3.38. The summed E-state index contributed by atoms with van der Waals surface area (Å²) in [5, 5.41) is 3.06. The maximum atomic E-state index is 11.9. The summed E-state index contributed by atoms with van der Waals surface area (Å²) in [7, 11) is 0. The molecule has 0 aliphatic carbocycles.